The number of carbonyl (C=O) groups excluding carboxylic acids is 2. The molecule has 0 radical (unpaired) electrons. The van der Waals surface area contributed by atoms with Crippen LogP contribution in [0.15, 0.2) is 60.8 Å². The first-order valence-electron chi connectivity index (χ1n) is 25.8. The first-order valence-corrected chi connectivity index (χ1v) is 25.8. The summed E-state index contributed by atoms with van der Waals surface area (Å²) in [6, 6.07) is 0. The molecule has 0 aromatic heterocycles. The molecule has 0 heterocycles. The lowest BCUT2D eigenvalue weighted by molar-refractivity contribution is -0.163. The molecule has 5 nitrogen and oxygen atoms in total. The summed E-state index contributed by atoms with van der Waals surface area (Å²) in [7, 11) is 0. The minimum atomic E-state index is -0.548. The number of unbranched alkanes of at least 4 members (excludes halogenated alkanes) is 26. The van der Waals surface area contributed by atoms with Gasteiger partial charge in [-0.1, -0.05) is 204 Å². The van der Waals surface area contributed by atoms with Crippen LogP contribution in [0.25, 0.3) is 0 Å². The zero-order valence-corrected chi connectivity index (χ0v) is 40.0. The van der Waals surface area contributed by atoms with E-state index in [0.717, 1.165) is 77.0 Å². The van der Waals surface area contributed by atoms with Crippen molar-refractivity contribution in [1.29, 1.82) is 0 Å². The first kappa shape index (κ1) is 57.6. The molecule has 0 N–H and O–H groups in total. The van der Waals surface area contributed by atoms with E-state index in [-0.39, 0.29) is 25.2 Å². The Morgan fingerprint density at radius 2 is 0.767 bits per heavy atom. The van der Waals surface area contributed by atoms with Crippen LogP contribution in [-0.4, -0.2) is 37.9 Å². The van der Waals surface area contributed by atoms with Gasteiger partial charge in [0.1, 0.15) is 6.61 Å². The van der Waals surface area contributed by atoms with Crippen LogP contribution in [0.5, 0.6) is 0 Å². The molecule has 0 saturated heterocycles. The number of esters is 2. The number of hydrogen-bond donors (Lipinski definition) is 0. The molecule has 5 heteroatoms. The zero-order valence-electron chi connectivity index (χ0n) is 40.0. The van der Waals surface area contributed by atoms with E-state index >= 15 is 0 Å². The van der Waals surface area contributed by atoms with E-state index in [9.17, 15) is 9.59 Å². The van der Waals surface area contributed by atoms with Gasteiger partial charge in [0, 0.05) is 19.4 Å². The van der Waals surface area contributed by atoms with Gasteiger partial charge < -0.3 is 14.2 Å². The van der Waals surface area contributed by atoms with E-state index in [4.69, 9.17) is 14.2 Å². The van der Waals surface area contributed by atoms with Crippen LogP contribution in [0, 0.1) is 0 Å². The first-order chi connectivity index (χ1) is 29.6. The predicted molar refractivity (Wildman–Crippen MR) is 261 cm³/mol. The fourth-order valence-electron chi connectivity index (χ4n) is 7.15. The molecule has 0 aliphatic rings. The molecule has 0 fully saturated rings. The summed E-state index contributed by atoms with van der Waals surface area (Å²) in [6.07, 6.45) is 63.7. The minimum Gasteiger partial charge on any atom is -0.462 e. The molecule has 1 atom stereocenters. The van der Waals surface area contributed by atoms with Gasteiger partial charge in [-0.15, -0.1) is 0 Å². The van der Waals surface area contributed by atoms with Crippen LogP contribution in [0.2, 0.25) is 0 Å². The summed E-state index contributed by atoms with van der Waals surface area (Å²) in [5, 5.41) is 0. The highest BCUT2D eigenvalue weighted by molar-refractivity contribution is 5.70. The molecule has 0 bridgehead atoms. The standard InChI is InChI=1S/C55H98O5/c1-4-7-10-13-16-19-22-24-26-28-29-31-34-36-39-42-45-48-54(56)59-52-53(60-55(57)49-46-43-40-37-33-21-18-15-12-9-6-3)51-58-50-47-44-41-38-35-32-30-27-25-23-20-17-14-11-8-5-2/h8,11,15,17-18,20,24-27,53H,4-7,9-10,12-14,16,19,21-23,28-52H2,1-3H3/b11-8-,18-15-,20-17-,26-24-,27-25-. The zero-order chi connectivity index (χ0) is 43.5. The van der Waals surface area contributed by atoms with E-state index in [0.29, 0.717) is 19.4 Å². The molecule has 1 unspecified atom stereocenters. The molecule has 0 aliphatic heterocycles. The lowest BCUT2D eigenvalue weighted by Gasteiger charge is -2.18. The second-order valence-electron chi connectivity index (χ2n) is 17.0. The molecule has 0 rings (SSSR count). The van der Waals surface area contributed by atoms with Gasteiger partial charge in [0.25, 0.3) is 0 Å². The van der Waals surface area contributed by atoms with Crippen molar-refractivity contribution in [2.45, 2.75) is 258 Å². The second kappa shape index (κ2) is 51.0. The lowest BCUT2D eigenvalue weighted by Crippen LogP contribution is -2.30. The van der Waals surface area contributed by atoms with Crippen molar-refractivity contribution in [3.63, 3.8) is 0 Å². The molecule has 0 aromatic rings. The highest BCUT2D eigenvalue weighted by Crippen LogP contribution is 2.14. The highest BCUT2D eigenvalue weighted by atomic mass is 16.6. The number of ether oxygens (including phenoxy) is 3. The highest BCUT2D eigenvalue weighted by Gasteiger charge is 2.17. The fraction of sp³-hybridized carbons (Fsp3) is 0.782. The maximum atomic E-state index is 12.8. The Balaban J connectivity index is 4.25. The molecular formula is C55H98O5. The van der Waals surface area contributed by atoms with Crippen molar-refractivity contribution >= 4 is 11.9 Å². The Bertz CT molecular complexity index is 1040. The SMILES string of the molecule is CC/C=C\C/C=C\C/C=C\CCCCCCCCOCC(COC(=O)CCCCCCCCC/C=C\CCCCCCCC)OC(=O)CCCCCCC/C=C\CCCC. The molecule has 348 valence electrons. The van der Waals surface area contributed by atoms with Crippen molar-refractivity contribution in [2.24, 2.45) is 0 Å². The third-order valence-corrected chi connectivity index (χ3v) is 11.0. The number of allylic oxidation sites excluding steroid dienone is 10. The van der Waals surface area contributed by atoms with Gasteiger partial charge in [0.2, 0.25) is 0 Å². The smallest absolute Gasteiger partial charge is 0.306 e. The van der Waals surface area contributed by atoms with Gasteiger partial charge in [-0.25, -0.2) is 0 Å². The summed E-state index contributed by atoms with van der Waals surface area (Å²) in [6.45, 7) is 7.65. The van der Waals surface area contributed by atoms with Crippen LogP contribution in [0.3, 0.4) is 0 Å². The van der Waals surface area contributed by atoms with Crippen LogP contribution < -0.4 is 0 Å². The summed E-state index contributed by atoms with van der Waals surface area (Å²) in [5.41, 5.74) is 0. The van der Waals surface area contributed by atoms with E-state index in [1.165, 1.54) is 141 Å². The van der Waals surface area contributed by atoms with E-state index in [2.05, 4.69) is 81.5 Å². The molecule has 0 saturated carbocycles. The third kappa shape index (κ3) is 48.3. The third-order valence-electron chi connectivity index (χ3n) is 11.0. The number of hydrogen-bond acceptors (Lipinski definition) is 5. The average molecular weight is 839 g/mol. The van der Waals surface area contributed by atoms with Crippen LogP contribution in [0.1, 0.15) is 252 Å². The molecule has 0 aliphatic carbocycles. The van der Waals surface area contributed by atoms with Gasteiger partial charge in [0.15, 0.2) is 6.10 Å². The molecule has 0 aromatic carbocycles. The molecule has 60 heavy (non-hydrogen) atoms. The largest absolute Gasteiger partial charge is 0.462 e. The molecule has 0 amide bonds. The Kier molecular flexibility index (Phi) is 48.9. The van der Waals surface area contributed by atoms with Crippen molar-refractivity contribution in [1.82, 2.24) is 0 Å². The average Bonchev–Trinajstić information content (AvgIpc) is 3.25. The topological polar surface area (TPSA) is 61.8 Å². The van der Waals surface area contributed by atoms with Gasteiger partial charge >= 0.3 is 11.9 Å². The van der Waals surface area contributed by atoms with Gasteiger partial charge in [-0.2, -0.15) is 0 Å². The molecule has 0 spiro atoms. The molecular weight excluding hydrogens is 741 g/mol. The van der Waals surface area contributed by atoms with Crippen molar-refractivity contribution in [3.05, 3.63) is 60.8 Å². The van der Waals surface area contributed by atoms with Crippen LogP contribution >= 0.6 is 0 Å². The summed E-state index contributed by atoms with van der Waals surface area (Å²) < 4.78 is 17.4. The van der Waals surface area contributed by atoms with E-state index < -0.39 is 6.10 Å². The van der Waals surface area contributed by atoms with Gasteiger partial charge in [-0.3, -0.25) is 9.59 Å². The predicted octanol–water partition coefficient (Wildman–Crippen LogP) is 17.3. The maximum absolute atomic E-state index is 12.8. The number of rotatable bonds is 47. The Morgan fingerprint density at radius 1 is 0.383 bits per heavy atom. The van der Waals surface area contributed by atoms with Crippen molar-refractivity contribution in [2.75, 3.05) is 19.8 Å². The van der Waals surface area contributed by atoms with Gasteiger partial charge in [0.05, 0.1) is 6.61 Å². The summed E-state index contributed by atoms with van der Waals surface area (Å²) in [4.78, 5) is 25.4. The van der Waals surface area contributed by atoms with Gasteiger partial charge in [-0.05, 0) is 96.3 Å². The van der Waals surface area contributed by atoms with Crippen molar-refractivity contribution in [3.8, 4) is 0 Å². The maximum Gasteiger partial charge on any atom is 0.306 e. The Labute approximate surface area is 373 Å². The monoisotopic (exact) mass is 839 g/mol. The Hall–Kier alpha value is -2.40. The van der Waals surface area contributed by atoms with E-state index in [1.807, 2.05) is 0 Å². The van der Waals surface area contributed by atoms with Crippen molar-refractivity contribution < 1.29 is 23.8 Å². The fourth-order valence-corrected chi connectivity index (χ4v) is 7.15. The van der Waals surface area contributed by atoms with Crippen LogP contribution in [-0.2, 0) is 23.8 Å². The minimum absolute atomic E-state index is 0.0742. The van der Waals surface area contributed by atoms with Crippen LogP contribution in [0.4, 0.5) is 0 Å². The summed E-state index contributed by atoms with van der Waals surface area (Å²) in [5.74, 6) is -0.416. The normalized spacial score (nSPS) is 12.7. The lowest BCUT2D eigenvalue weighted by atomic mass is 10.1. The summed E-state index contributed by atoms with van der Waals surface area (Å²) >= 11 is 0. The van der Waals surface area contributed by atoms with E-state index in [1.54, 1.807) is 0 Å². The Morgan fingerprint density at radius 3 is 1.27 bits per heavy atom. The quantitative estimate of drug-likeness (QED) is 0.0347. The number of carbonyl (C=O) groups is 2. The second-order valence-corrected chi connectivity index (χ2v) is 17.0.